The Morgan fingerprint density at radius 2 is 1.51 bits per heavy atom. The molecule has 0 radical (unpaired) electrons. The van der Waals surface area contributed by atoms with Gasteiger partial charge in [0.1, 0.15) is 18.2 Å². The van der Waals surface area contributed by atoms with E-state index in [1.165, 1.54) is 0 Å². The molecule has 0 saturated carbocycles. The summed E-state index contributed by atoms with van der Waals surface area (Å²) in [5, 5.41) is 7.68. The zero-order valence-electron chi connectivity index (χ0n) is 23.5. The van der Waals surface area contributed by atoms with E-state index < -0.39 is 17.7 Å². The van der Waals surface area contributed by atoms with Crippen molar-refractivity contribution in [2.75, 3.05) is 18.4 Å². The predicted molar refractivity (Wildman–Crippen MR) is 156 cm³/mol. The average molecular weight is 532 g/mol. The van der Waals surface area contributed by atoms with Crippen molar-refractivity contribution in [1.82, 2.24) is 10.2 Å². The molecule has 0 aliphatic rings. The molecule has 0 spiro atoms. The Kier molecular flexibility index (Phi) is 10.9. The van der Waals surface area contributed by atoms with Gasteiger partial charge in [-0.2, -0.15) is 0 Å². The Morgan fingerprint density at radius 1 is 0.846 bits per heavy atom. The summed E-state index contributed by atoms with van der Waals surface area (Å²) in [4.78, 5) is 41.2. The summed E-state index contributed by atoms with van der Waals surface area (Å²) in [6.07, 6.45) is 4.33. The number of alkyl carbamates (subject to hydrolysis) is 1. The third kappa shape index (κ3) is 9.43. The van der Waals surface area contributed by atoms with Crippen LogP contribution in [0, 0.1) is 0 Å². The van der Waals surface area contributed by atoms with Crippen molar-refractivity contribution in [3.63, 3.8) is 0 Å². The van der Waals surface area contributed by atoms with Gasteiger partial charge in [0.25, 0.3) is 5.91 Å². The maximum Gasteiger partial charge on any atom is 0.408 e. The molecule has 0 saturated heterocycles. The van der Waals surface area contributed by atoms with E-state index in [9.17, 15) is 14.4 Å². The van der Waals surface area contributed by atoms with E-state index >= 15 is 0 Å². The third-order valence-electron chi connectivity index (χ3n) is 6.30. The fourth-order valence-electron chi connectivity index (χ4n) is 4.43. The second-order valence-electron chi connectivity index (χ2n) is 10.7. The number of fused-ring (bicyclic) bond motifs is 1. The largest absolute Gasteiger partial charge is 0.444 e. The van der Waals surface area contributed by atoms with Crippen LogP contribution in [0.1, 0.15) is 71.4 Å². The van der Waals surface area contributed by atoms with E-state index in [1.807, 2.05) is 72.8 Å². The zero-order chi connectivity index (χ0) is 28.3. The maximum atomic E-state index is 13.8. The highest BCUT2D eigenvalue weighted by atomic mass is 16.6. The summed E-state index contributed by atoms with van der Waals surface area (Å²) in [6.45, 7) is 7.57. The molecule has 3 aromatic rings. The number of amides is 3. The Bertz CT molecular complexity index is 1240. The lowest BCUT2D eigenvalue weighted by molar-refractivity contribution is -0.138. The van der Waals surface area contributed by atoms with Gasteiger partial charge < -0.3 is 20.3 Å². The van der Waals surface area contributed by atoms with Crippen LogP contribution in [0.4, 0.5) is 10.5 Å². The van der Waals surface area contributed by atoms with Crippen LogP contribution in [0.15, 0.2) is 72.8 Å². The van der Waals surface area contributed by atoms with Gasteiger partial charge in [0, 0.05) is 12.2 Å². The number of ether oxygens (including phenoxy) is 1. The first-order valence-corrected chi connectivity index (χ1v) is 13.8. The Labute approximate surface area is 231 Å². The number of hydrogen-bond acceptors (Lipinski definition) is 4. The van der Waals surface area contributed by atoms with E-state index in [2.05, 4.69) is 17.6 Å². The Balaban J connectivity index is 1.86. The molecule has 2 N–H and O–H groups in total. The van der Waals surface area contributed by atoms with Crippen molar-refractivity contribution in [1.29, 1.82) is 0 Å². The van der Waals surface area contributed by atoms with Crippen LogP contribution in [0.2, 0.25) is 0 Å². The minimum atomic E-state index is -0.864. The van der Waals surface area contributed by atoms with Gasteiger partial charge in [-0.1, -0.05) is 93.3 Å². The van der Waals surface area contributed by atoms with Crippen molar-refractivity contribution in [2.45, 2.75) is 71.4 Å². The van der Waals surface area contributed by atoms with Crippen molar-refractivity contribution >= 4 is 34.4 Å². The van der Waals surface area contributed by atoms with Crippen LogP contribution in [0.25, 0.3) is 10.8 Å². The molecule has 208 valence electrons. The van der Waals surface area contributed by atoms with E-state index in [4.69, 9.17) is 4.74 Å². The van der Waals surface area contributed by atoms with E-state index in [-0.39, 0.29) is 18.4 Å². The number of unbranched alkanes of at least 4 members (excludes halogenated alkanes) is 4. The van der Waals surface area contributed by atoms with Crippen LogP contribution in [-0.4, -0.2) is 41.5 Å². The van der Waals surface area contributed by atoms with Crippen molar-refractivity contribution in [3.05, 3.63) is 78.4 Å². The van der Waals surface area contributed by atoms with E-state index in [1.54, 1.807) is 25.7 Å². The fraction of sp³-hybridized carbons (Fsp3) is 0.406. The van der Waals surface area contributed by atoms with Crippen LogP contribution in [0.5, 0.6) is 0 Å². The molecule has 1 atom stereocenters. The minimum absolute atomic E-state index is 0.267. The molecule has 0 aliphatic heterocycles. The number of anilines is 1. The summed E-state index contributed by atoms with van der Waals surface area (Å²) in [5.41, 5.74) is 0.676. The molecule has 7 heteroatoms. The molecule has 1 unspecified atom stereocenters. The molecule has 3 amide bonds. The average Bonchev–Trinajstić information content (AvgIpc) is 2.90. The molecule has 0 bridgehead atoms. The minimum Gasteiger partial charge on any atom is -0.444 e. The van der Waals surface area contributed by atoms with Gasteiger partial charge in [-0.05, 0) is 55.7 Å². The van der Waals surface area contributed by atoms with Crippen LogP contribution < -0.4 is 10.6 Å². The number of nitrogens with zero attached hydrogens (tertiary/aromatic N) is 1. The Morgan fingerprint density at radius 3 is 2.21 bits per heavy atom. The molecule has 3 rings (SSSR count). The first-order chi connectivity index (χ1) is 18.7. The highest BCUT2D eigenvalue weighted by molar-refractivity contribution is 6.00. The van der Waals surface area contributed by atoms with Gasteiger partial charge in [-0.15, -0.1) is 0 Å². The summed E-state index contributed by atoms with van der Waals surface area (Å²) < 4.78 is 5.30. The molecular formula is C32H41N3O4. The molecule has 7 nitrogen and oxygen atoms in total. The SMILES string of the molecule is CCCCCCCN(C(=O)CNC(=O)OC(C)(C)C)C(C(=O)Nc1ccc2ccccc2c1)c1ccccc1. The monoisotopic (exact) mass is 531 g/mol. The lowest BCUT2D eigenvalue weighted by Crippen LogP contribution is -2.47. The number of carbonyl (C=O) groups is 3. The zero-order valence-corrected chi connectivity index (χ0v) is 23.5. The molecule has 0 fully saturated rings. The van der Waals surface area contributed by atoms with Crippen LogP contribution in [0.3, 0.4) is 0 Å². The third-order valence-corrected chi connectivity index (χ3v) is 6.30. The second-order valence-corrected chi connectivity index (χ2v) is 10.7. The van der Waals surface area contributed by atoms with Gasteiger partial charge >= 0.3 is 6.09 Å². The standard InChI is InChI=1S/C32H41N3O4/c1-5-6-7-8-14-21-35(28(36)23-33-31(38)39-32(2,3)4)29(25-16-10-9-11-17-25)30(37)34-27-20-19-24-15-12-13-18-26(24)22-27/h9-13,15-20,22,29H,5-8,14,21,23H2,1-4H3,(H,33,38)(H,34,37). The highest BCUT2D eigenvalue weighted by Gasteiger charge is 2.31. The smallest absolute Gasteiger partial charge is 0.408 e. The number of carbonyl (C=O) groups excluding carboxylic acids is 3. The van der Waals surface area contributed by atoms with Gasteiger partial charge in [0.15, 0.2) is 0 Å². The number of benzene rings is 3. The summed E-state index contributed by atoms with van der Waals surface area (Å²) in [6, 6.07) is 22.1. The maximum absolute atomic E-state index is 13.8. The predicted octanol–water partition coefficient (Wildman–Crippen LogP) is 6.84. The van der Waals surface area contributed by atoms with Gasteiger partial charge in [0.2, 0.25) is 5.91 Å². The van der Waals surface area contributed by atoms with Gasteiger partial charge in [-0.3, -0.25) is 9.59 Å². The second kappa shape index (κ2) is 14.3. The fourth-order valence-corrected chi connectivity index (χ4v) is 4.43. The first-order valence-electron chi connectivity index (χ1n) is 13.8. The summed E-state index contributed by atoms with van der Waals surface area (Å²) in [7, 11) is 0. The first kappa shape index (κ1) is 29.7. The van der Waals surface area contributed by atoms with Crippen molar-refractivity contribution in [3.8, 4) is 0 Å². The molecule has 39 heavy (non-hydrogen) atoms. The molecule has 3 aromatic carbocycles. The van der Waals surface area contributed by atoms with Gasteiger partial charge in [-0.25, -0.2) is 4.79 Å². The number of hydrogen-bond donors (Lipinski definition) is 2. The van der Waals surface area contributed by atoms with Crippen LogP contribution >= 0.6 is 0 Å². The molecule has 0 heterocycles. The highest BCUT2D eigenvalue weighted by Crippen LogP contribution is 2.26. The normalized spacial score (nSPS) is 12.0. The molecule has 0 aliphatic carbocycles. The number of nitrogens with one attached hydrogen (secondary N) is 2. The Hall–Kier alpha value is -3.87. The quantitative estimate of drug-likeness (QED) is 0.250. The molecule has 0 aromatic heterocycles. The van der Waals surface area contributed by atoms with Crippen molar-refractivity contribution < 1.29 is 19.1 Å². The lowest BCUT2D eigenvalue weighted by Gasteiger charge is -2.32. The summed E-state index contributed by atoms with van der Waals surface area (Å²) >= 11 is 0. The number of rotatable bonds is 12. The topological polar surface area (TPSA) is 87.7 Å². The lowest BCUT2D eigenvalue weighted by atomic mass is 10.0. The molecular weight excluding hydrogens is 490 g/mol. The van der Waals surface area contributed by atoms with E-state index in [0.29, 0.717) is 17.8 Å². The van der Waals surface area contributed by atoms with E-state index in [0.717, 1.165) is 42.9 Å². The summed E-state index contributed by atoms with van der Waals surface area (Å²) in [5.74, 6) is -0.658. The van der Waals surface area contributed by atoms with Crippen LogP contribution in [-0.2, 0) is 14.3 Å². The van der Waals surface area contributed by atoms with Gasteiger partial charge in [0.05, 0.1) is 0 Å². The van der Waals surface area contributed by atoms with Crippen molar-refractivity contribution in [2.24, 2.45) is 0 Å².